The summed E-state index contributed by atoms with van der Waals surface area (Å²) in [6.07, 6.45) is 1.78. The van der Waals surface area contributed by atoms with Crippen LogP contribution in [0, 0.1) is 0 Å². The smallest absolute Gasteiger partial charge is 0.268 e. The van der Waals surface area contributed by atoms with Crippen molar-refractivity contribution in [3.8, 4) is 11.5 Å². The number of rotatable bonds is 4. The van der Waals surface area contributed by atoms with Crippen molar-refractivity contribution in [2.45, 2.75) is 12.6 Å². The molecule has 2 N–H and O–H groups in total. The van der Waals surface area contributed by atoms with Crippen LogP contribution < -0.4 is 20.1 Å². The summed E-state index contributed by atoms with van der Waals surface area (Å²) in [7, 11) is 3.06. The van der Waals surface area contributed by atoms with Crippen LogP contribution in [-0.4, -0.2) is 36.6 Å². The molecule has 0 aliphatic carbocycles. The number of nitrogens with zero attached hydrogens (tertiary/aromatic N) is 1. The lowest BCUT2D eigenvalue weighted by Gasteiger charge is -2.25. The average molecular weight is 315 g/mol. The zero-order valence-corrected chi connectivity index (χ0v) is 12.8. The molecule has 0 spiro atoms. The minimum atomic E-state index is -0.654. The Kier molecular flexibility index (Phi) is 3.92. The quantitative estimate of drug-likeness (QED) is 0.890. The minimum absolute atomic E-state index is 0.265. The molecule has 7 heteroatoms. The van der Waals surface area contributed by atoms with E-state index in [-0.39, 0.29) is 11.8 Å². The largest absolute Gasteiger partial charge is 0.497 e. The Balaban J connectivity index is 1.79. The summed E-state index contributed by atoms with van der Waals surface area (Å²) < 4.78 is 12.1. The molecule has 0 bridgehead atoms. The van der Waals surface area contributed by atoms with Crippen molar-refractivity contribution in [2.75, 3.05) is 19.5 Å². The summed E-state index contributed by atoms with van der Waals surface area (Å²) in [5.41, 5.74) is 1.04. The van der Waals surface area contributed by atoms with E-state index in [2.05, 4.69) is 10.6 Å². The molecule has 2 amide bonds. The first-order valence-electron chi connectivity index (χ1n) is 7.11. The molecule has 0 fully saturated rings. The van der Waals surface area contributed by atoms with E-state index in [0.29, 0.717) is 29.4 Å². The normalized spacial score (nSPS) is 16.3. The molecule has 1 aliphatic rings. The monoisotopic (exact) mass is 315 g/mol. The molecular formula is C16H17N3O4. The van der Waals surface area contributed by atoms with Crippen molar-refractivity contribution in [2.24, 2.45) is 0 Å². The Hall–Kier alpha value is -2.96. The summed E-state index contributed by atoms with van der Waals surface area (Å²) in [6, 6.07) is 7.96. The lowest BCUT2D eigenvalue weighted by molar-refractivity contribution is -0.118. The number of hydrogen-bond donors (Lipinski definition) is 2. The fourth-order valence-corrected chi connectivity index (χ4v) is 2.53. The van der Waals surface area contributed by atoms with Gasteiger partial charge in [-0.15, -0.1) is 0 Å². The second kappa shape index (κ2) is 6.04. The van der Waals surface area contributed by atoms with Gasteiger partial charge in [-0.3, -0.25) is 9.59 Å². The lowest BCUT2D eigenvalue weighted by atomic mass is 10.2. The van der Waals surface area contributed by atoms with E-state index in [1.54, 1.807) is 48.2 Å². The van der Waals surface area contributed by atoms with E-state index in [9.17, 15) is 9.59 Å². The number of ether oxygens (including phenoxy) is 2. The van der Waals surface area contributed by atoms with Gasteiger partial charge in [0.05, 0.1) is 26.5 Å². The fraction of sp³-hybridized carbons (Fsp3) is 0.250. The Morgan fingerprint density at radius 2 is 2.13 bits per heavy atom. The topological polar surface area (TPSA) is 81.6 Å². The van der Waals surface area contributed by atoms with Crippen molar-refractivity contribution in [1.82, 2.24) is 9.88 Å². The van der Waals surface area contributed by atoms with Crippen molar-refractivity contribution in [1.29, 1.82) is 0 Å². The molecule has 0 radical (unpaired) electrons. The molecule has 2 heterocycles. The van der Waals surface area contributed by atoms with E-state index in [1.165, 1.54) is 7.11 Å². The second-order valence-electron chi connectivity index (χ2n) is 5.13. The number of amides is 2. The lowest BCUT2D eigenvalue weighted by Crippen LogP contribution is -2.50. The number of carbonyl (C=O) groups excluding carboxylic acids is 2. The van der Waals surface area contributed by atoms with Gasteiger partial charge in [0.1, 0.15) is 23.2 Å². The first kappa shape index (κ1) is 15.0. The number of aromatic nitrogens is 1. The Morgan fingerprint density at radius 3 is 2.87 bits per heavy atom. The zero-order valence-electron chi connectivity index (χ0n) is 12.8. The Bertz CT molecular complexity index is 754. The first-order chi connectivity index (χ1) is 11.1. The van der Waals surface area contributed by atoms with Crippen LogP contribution in [0.4, 0.5) is 5.69 Å². The summed E-state index contributed by atoms with van der Waals surface area (Å²) >= 11 is 0. The molecule has 23 heavy (non-hydrogen) atoms. The highest BCUT2D eigenvalue weighted by molar-refractivity contribution is 6.02. The summed E-state index contributed by atoms with van der Waals surface area (Å²) in [6.45, 7) is 0.381. The van der Waals surface area contributed by atoms with Crippen LogP contribution in [0.15, 0.2) is 36.5 Å². The third-order valence-corrected chi connectivity index (χ3v) is 3.73. The molecule has 2 aromatic rings. The van der Waals surface area contributed by atoms with Crippen LogP contribution in [0.1, 0.15) is 10.5 Å². The molecule has 1 aromatic heterocycles. The van der Waals surface area contributed by atoms with Gasteiger partial charge in [-0.05, 0) is 24.3 Å². The van der Waals surface area contributed by atoms with Crippen molar-refractivity contribution in [3.63, 3.8) is 0 Å². The second-order valence-corrected chi connectivity index (χ2v) is 5.13. The van der Waals surface area contributed by atoms with Gasteiger partial charge in [0, 0.05) is 12.3 Å². The highest BCUT2D eigenvalue weighted by Crippen LogP contribution is 2.29. The number of fused-ring (bicyclic) bond motifs is 1. The van der Waals surface area contributed by atoms with Gasteiger partial charge < -0.3 is 24.7 Å². The summed E-state index contributed by atoms with van der Waals surface area (Å²) in [5.74, 6) is 0.535. The number of benzene rings is 1. The van der Waals surface area contributed by atoms with E-state index < -0.39 is 6.04 Å². The highest BCUT2D eigenvalue weighted by Gasteiger charge is 2.29. The van der Waals surface area contributed by atoms with Crippen molar-refractivity contribution in [3.05, 3.63) is 42.2 Å². The Morgan fingerprint density at radius 1 is 1.30 bits per heavy atom. The molecule has 1 atom stereocenters. The number of anilines is 1. The van der Waals surface area contributed by atoms with Crippen LogP contribution in [0.25, 0.3) is 0 Å². The third kappa shape index (κ3) is 2.85. The van der Waals surface area contributed by atoms with Crippen molar-refractivity contribution < 1.29 is 19.1 Å². The maximum absolute atomic E-state index is 12.5. The van der Waals surface area contributed by atoms with E-state index >= 15 is 0 Å². The predicted octanol–water partition coefficient (Wildman–Crippen LogP) is 1.26. The van der Waals surface area contributed by atoms with Gasteiger partial charge in [-0.2, -0.15) is 0 Å². The van der Waals surface area contributed by atoms with Crippen LogP contribution in [-0.2, 0) is 11.3 Å². The summed E-state index contributed by atoms with van der Waals surface area (Å²) in [4.78, 5) is 24.5. The molecule has 1 aromatic carbocycles. The van der Waals surface area contributed by atoms with Gasteiger partial charge in [0.25, 0.3) is 5.91 Å². The third-order valence-electron chi connectivity index (χ3n) is 3.73. The predicted molar refractivity (Wildman–Crippen MR) is 83.9 cm³/mol. The molecule has 3 rings (SSSR count). The number of hydrogen-bond acceptors (Lipinski definition) is 4. The fourth-order valence-electron chi connectivity index (χ4n) is 2.53. The molecule has 1 unspecified atom stereocenters. The van der Waals surface area contributed by atoms with Gasteiger partial charge in [0.15, 0.2) is 0 Å². The highest BCUT2D eigenvalue weighted by atomic mass is 16.5. The molecular weight excluding hydrogens is 298 g/mol. The molecule has 1 aliphatic heterocycles. The molecule has 0 saturated carbocycles. The SMILES string of the molecule is COc1ccc(OC)c(NC(=O)C2Cn3cccc3C(=O)N2)c1. The van der Waals surface area contributed by atoms with Crippen LogP contribution >= 0.6 is 0 Å². The number of carbonyl (C=O) groups is 2. The summed E-state index contributed by atoms with van der Waals surface area (Å²) in [5, 5.41) is 5.48. The average Bonchev–Trinajstić information content (AvgIpc) is 3.03. The Labute approximate surface area is 133 Å². The maximum Gasteiger partial charge on any atom is 0.268 e. The van der Waals surface area contributed by atoms with Crippen molar-refractivity contribution >= 4 is 17.5 Å². The number of methoxy groups -OCH3 is 2. The standard InChI is InChI=1S/C16H17N3O4/c1-22-10-5-6-14(23-2)11(8-10)17-15(20)12-9-19-7-3-4-13(19)16(21)18-12/h3-8,12H,9H2,1-2H3,(H,17,20)(H,18,21). The number of nitrogens with one attached hydrogen (secondary N) is 2. The van der Waals surface area contributed by atoms with E-state index in [1.807, 2.05) is 0 Å². The van der Waals surface area contributed by atoms with E-state index in [4.69, 9.17) is 9.47 Å². The molecule has 0 saturated heterocycles. The van der Waals surface area contributed by atoms with Gasteiger partial charge in [-0.1, -0.05) is 0 Å². The minimum Gasteiger partial charge on any atom is -0.497 e. The van der Waals surface area contributed by atoms with Gasteiger partial charge in [0.2, 0.25) is 5.91 Å². The zero-order chi connectivity index (χ0) is 16.4. The van der Waals surface area contributed by atoms with Gasteiger partial charge >= 0.3 is 0 Å². The molecule has 120 valence electrons. The van der Waals surface area contributed by atoms with Crippen LogP contribution in [0.3, 0.4) is 0 Å². The maximum atomic E-state index is 12.5. The molecule has 7 nitrogen and oxygen atoms in total. The van der Waals surface area contributed by atoms with Crippen LogP contribution in [0.5, 0.6) is 11.5 Å². The first-order valence-corrected chi connectivity index (χ1v) is 7.11. The van der Waals surface area contributed by atoms with E-state index in [0.717, 1.165) is 0 Å². The van der Waals surface area contributed by atoms with Crippen LogP contribution in [0.2, 0.25) is 0 Å². The van der Waals surface area contributed by atoms with Gasteiger partial charge in [-0.25, -0.2) is 0 Å².